The van der Waals surface area contributed by atoms with E-state index in [-0.39, 0.29) is 24.1 Å². The summed E-state index contributed by atoms with van der Waals surface area (Å²) in [6.45, 7) is 14.2. The third kappa shape index (κ3) is 6.64. The van der Waals surface area contributed by atoms with Crippen LogP contribution in [0.4, 0.5) is 4.79 Å². The van der Waals surface area contributed by atoms with E-state index in [0.717, 1.165) is 0 Å². The second kappa shape index (κ2) is 6.44. The molecule has 1 saturated heterocycles. The van der Waals surface area contributed by atoms with Gasteiger partial charge in [-0.2, -0.15) is 0 Å². The quantitative estimate of drug-likeness (QED) is 0.868. The summed E-state index contributed by atoms with van der Waals surface area (Å²) in [5.74, 6) is -0.149. The second-order valence-electron chi connectivity index (χ2n) is 8.19. The van der Waals surface area contributed by atoms with Crippen molar-refractivity contribution in [3.63, 3.8) is 0 Å². The Labute approximate surface area is 133 Å². The monoisotopic (exact) mass is 314 g/mol. The SMILES string of the molecule is CC(C)(C)NC(=O)COC1(C)CCN(C(=O)OC(C)(C)C)C1. The molecule has 128 valence electrons. The van der Waals surface area contributed by atoms with Crippen LogP contribution < -0.4 is 5.32 Å². The highest BCUT2D eigenvalue weighted by molar-refractivity contribution is 5.78. The smallest absolute Gasteiger partial charge is 0.410 e. The molecule has 0 aromatic rings. The molecule has 0 aromatic heterocycles. The van der Waals surface area contributed by atoms with Gasteiger partial charge < -0.3 is 19.7 Å². The van der Waals surface area contributed by atoms with Crippen molar-refractivity contribution in [1.82, 2.24) is 10.2 Å². The average Bonchev–Trinajstić information content (AvgIpc) is 2.66. The van der Waals surface area contributed by atoms with Crippen molar-refractivity contribution in [1.29, 1.82) is 0 Å². The molecule has 1 rings (SSSR count). The van der Waals surface area contributed by atoms with Gasteiger partial charge in [-0.05, 0) is 54.9 Å². The van der Waals surface area contributed by atoms with Crippen LogP contribution in [0.1, 0.15) is 54.9 Å². The van der Waals surface area contributed by atoms with Gasteiger partial charge in [0.2, 0.25) is 5.91 Å². The molecule has 6 heteroatoms. The number of nitrogens with zero attached hydrogens (tertiary/aromatic N) is 1. The second-order valence-corrected chi connectivity index (χ2v) is 8.19. The summed E-state index contributed by atoms with van der Waals surface area (Å²) in [6, 6.07) is 0. The fraction of sp³-hybridized carbons (Fsp3) is 0.875. The summed E-state index contributed by atoms with van der Waals surface area (Å²) in [5, 5.41) is 2.86. The summed E-state index contributed by atoms with van der Waals surface area (Å²) in [7, 11) is 0. The third-order valence-corrected chi connectivity index (χ3v) is 3.15. The maximum absolute atomic E-state index is 12.0. The molecule has 1 aliphatic rings. The van der Waals surface area contributed by atoms with Gasteiger partial charge in [-0.15, -0.1) is 0 Å². The van der Waals surface area contributed by atoms with Gasteiger partial charge in [0.1, 0.15) is 12.2 Å². The van der Waals surface area contributed by atoms with Crippen molar-refractivity contribution in [2.24, 2.45) is 0 Å². The average molecular weight is 314 g/mol. The van der Waals surface area contributed by atoms with Gasteiger partial charge in [0.25, 0.3) is 0 Å². The Balaban J connectivity index is 2.46. The van der Waals surface area contributed by atoms with E-state index in [1.165, 1.54) is 0 Å². The van der Waals surface area contributed by atoms with E-state index in [4.69, 9.17) is 9.47 Å². The van der Waals surface area contributed by atoms with Crippen LogP contribution in [0.25, 0.3) is 0 Å². The number of carbonyl (C=O) groups excluding carboxylic acids is 2. The van der Waals surface area contributed by atoms with Gasteiger partial charge >= 0.3 is 6.09 Å². The van der Waals surface area contributed by atoms with Gasteiger partial charge in [0, 0.05) is 12.1 Å². The minimum Gasteiger partial charge on any atom is -0.444 e. The first-order valence-electron chi connectivity index (χ1n) is 7.73. The van der Waals surface area contributed by atoms with Crippen molar-refractivity contribution in [2.75, 3.05) is 19.7 Å². The molecule has 1 heterocycles. The van der Waals surface area contributed by atoms with Crippen molar-refractivity contribution < 1.29 is 19.1 Å². The molecule has 1 fully saturated rings. The molecular weight excluding hydrogens is 284 g/mol. The highest BCUT2D eigenvalue weighted by Gasteiger charge is 2.39. The Hall–Kier alpha value is -1.30. The predicted molar refractivity (Wildman–Crippen MR) is 84.7 cm³/mol. The van der Waals surface area contributed by atoms with Crippen LogP contribution in [0.2, 0.25) is 0 Å². The maximum Gasteiger partial charge on any atom is 0.410 e. The highest BCUT2D eigenvalue weighted by Crippen LogP contribution is 2.26. The number of nitrogens with one attached hydrogen (secondary N) is 1. The third-order valence-electron chi connectivity index (χ3n) is 3.15. The van der Waals surface area contributed by atoms with Gasteiger partial charge in [-0.25, -0.2) is 4.79 Å². The van der Waals surface area contributed by atoms with Crippen molar-refractivity contribution in [3.05, 3.63) is 0 Å². The molecule has 0 aliphatic carbocycles. The lowest BCUT2D eigenvalue weighted by molar-refractivity contribution is -0.133. The molecule has 1 aliphatic heterocycles. The first-order valence-corrected chi connectivity index (χ1v) is 7.73. The molecule has 1 N–H and O–H groups in total. The number of carbonyl (C=O) groups is 2. The molecule has 1 unspecified atom stereocenters. The lowest BCUT2D eigenvalue weighted by atomic mass is 10.1. The topological polar surface area (TPSA) is 67.9 Å². The van der Waals surface area contributed by atoms with E-state index in [2.05, 4.69) is 5.32 Å². The first kappa shape index (κ1) is 18.7. The van der Waals surface area contributed by atoms with Crippen LogP contribution in [0, 0.1) is 0 Å². The first-order chi connectivity index (χ1) is 9.80. The molecule has 0 spiro atoms. The van der Waals surface area contributed by atoms with Gasteiger partial charge in [-0.1, -0.05) is 0 Å². The van der Waals surface area contributed by atoms with Crippen LogP contribution in [-0.4, -0.2) is 53.3 Å². The van der Waals surface area contributed by atoms with E-state index in [1.54, 1.807) is 4.90 Å². The highest BCUT2D eigenvalue weighted by atomic mass is 16.6. The molecule has 1 atom stereocenters. The van der Waals surface area contributed by atoms with Crippen molar-refractivity contribution in [3.8, 4) is 0 Å². The Morgan fingerprint density at radius 2 is 1.77 bits per heavy atom. The summed E-state index contributed by atoms with van der Waals surface area (Å²) in [4.78, 5) is 25.5. The largest absolute Gasteiger partial charge is 0.444 e. The molecule has 0 aromatic carbocycles. The molecule has 22 heavy (non-hydrogen) atoms. The Bertz CT molecular complexity index is 423. The van der Waals surface area contributed by atoms with E-state index in [1.807, 2.05) is 48.5 Å². The van der Waals surface area contributed by atoms with Gasteiger partial charge in [-0.3, -0.25) is 4.79 Å². The number of amides is 2. The summed E-state index contributed by atoms with van der Waals surface area (Å²) in [6.07, 6.45) is 0.355. The van der Waals surface area contributed by atoms with Crippen LogP contribution in [0.5, 0.6) is 0 Å². The normalized spacial score (nSPS) is 22.6. The fourth-order valence-electron chi connectivity index (χ4n) is 2.23. The number of ether oxygens (including phenoxy) is 2. The summed E-state index contributed by atoms with van der Waals surface area (Å²) < 4.78 is 11.1. The van der Waals surface area contributed by atoms with E-state index in [0.29, 0.717) is 19.5 Å². The number of hydrogen-bond acceptors (Lipinski definition) is 4. The summed E-state index contributed by atoms with van der Waals surface area (Å²) in [5.41, 5.74) is -1.30. The Morgan fingerprint density at radius 3 is 2.27 bits per heavy atom. The zero-order valence-electron chi connectivity index (χ0n) is 14.9. The van der Waals surface area contributed by atoms with Crippen LogP contribution >= 0.6 is 0 Å². The van der Waals surface area contributed by atoms with Crippen LogP contribution in [-0.2, 0) is 14.3 Å². The molecule has 2 amide bonds. The van der Waals surface area contributed by atoms with E-state index in [9.17, 15) is 9.59 Å². The lowest BCUT2D eigenvalue weighted by Gasteiger charge is -2.28. The van der Waals surface area contributed by atoms with Crippen molar-refractivity contribution in [2.45, 2.75) is 71.6 Å². The molecular formula is C16H30N2O4. The lowest BCUT2D eigenvalue weighted by Crippen LogP contribution is -2.45. The minimum absolute atomic E-state index is 0.00404. The number of hydrogen-bond donors (Lipinski definition) is 1. The summed E-state index contributed by atoms with van der Waals surface area (Å²) >= 11 is 0. The predicted octanol–water partition coefficient (Wildman–Crippen LogP) is 2.32. The van der Waals surface area contributed by atoms with Crippen LogP contribution in [0.15, 0.2) is 0 Å². The van der Waals surface area contributed by atoms with Crippen LogP contribution in [0.3, 0.4) is 0 Å². The van der Waals surface area contributed by atoms with E-state index < -0.39 is 11.2 Å². The molecule has 0 saturated carbocycles. The number of rotatable bonds is 3. The maximum atomic E-state index is 12.0. The zero-order valence-corrected chi connectivity index (χ0v) is 14.9. The van der Waals surface area contributed by atoms with Gasteiger partial charge in [0.15, 0.2) is 0 Å². The fourth-order valence-corrected chi connectivity index (χ4v) is 2.23. The van der Waals surface area contributed by atoms with E-state index >= 15 is 0 Å². The zero-order chi connectivity index (χ0) is 17.2. The standard InChI is InChI=1S/C16H30N2O4/c1-14(2,3)17-12(19)10-21-16(7)8-9-18(11-16)13(20)22-15(4,5)6/h8-11H2,1-7H3,(H,17,19). The minimum atomic E-state index is -0.510. The Morgan fingerprint density at radius 1 is 1.18 bits per heavy atom. The molecule has 0 bridgehead atoms. The Kier molecular flexibility index (Phi) is 5.49. The molecule has 6 nitrogen and oxygen atoms in total. The van der Waals surface area contributed by atoms with Crippen molar-refractivity contribution >= 4 is 12.0 Å². The number of likely N-dealkylation sites (tertiary alicyclic amines) is 1. The van der Waals surface area contributed by atoms with Gasteiger partial charge in [0.05, 0.1) is 12.1 Å². The molecule has 0 radical (unpaired) electrons.